The third-order valence-electron chi connectivity index (χ3n) is 21.1. The van der Waals surface area contributed by atoms with Crippen LogP contribution in [0.15, 0.2) is 0 Å². The Balaban J connectivity index is 5.23. The first-order valence-corrected chi connectivity index (χ1v) is 48.5. The van der Waals surface area contributed by atoms with Crippen LogP contribution in [0.5, 0.6) is 0 Å². The molecule has 3 unspecified atom stereocenters. The molecule has 0 rings (SSSR count). The second kappa shape index (κ2) is 79.3. The minimum atomic E-state index is -4.97. The molecule has 0 saturated heterocycles. The van der Waals surface area contributed by atoms with Gasteiger partial charge in [0.2, 0.25) is 0 Å². The van der Waals surface area contributed by atoms with E-state index in [1.165, 1.54) is 283 Å². The number of aliphatic hydroxyl groups is 1. The van der Waals surface area contributed by atoms with Crippen molar-refractivity contribution in [2.75, 3.05) is 39.6 Å². The maximum absolute atomic E-state index is 13.2. The van der Waals surface area contributed by atoms with Crippen molar-refractivity contribution in [3.8, 4) is 0 Å². The number of esters is 4. The quantitative estimate of drug-likeness (QED) is 0.0222. The molecule has 0 saturated carbocycles. The Hall–Kier alpha value is -1.94. The van der Waals surface area contributed by atoms with E-state index in [2.05, 4.69) is 41.5 Å². The van der Waals surface area contributed by atoms with Gasteiger partial charge in [-0.05, 0) is 37.5 Å². The first-order chi connectivity index (χ1) is 51.9. The van der Waals surface area contributed by atoms with E-state index < -0.39 is 97.5 Å². The highest BCUT2D eigenvalue weighted by Crippen LogP contribution is 2.45. The molecule has 0 heterocycles. The normalized spacial score (nSPS) is 14.0. The van der Waals surface area contributed by atoms with Crippen molar-refractivity contribution in [3.63, 3.8) is 0 Å². The average Bonchev–Trinajstić information content (AvgIpc) is 0.916. The number of aliphatic hydroxyl groups excluding tert-OH is 1. The fourth-order valence-electron chi connectivity index (χ4n) is 13.7. The standard InChI is InChI=1S/C88H172O17P2/c1-7-10-12-14-16-18-20-22-24-26-28-30-32-36-40-44-48-52-60-66-72-87(92)104-83(76-98-85(90)70-64-58-51-47-43-39-35-31-29-27-25-23-21-19-17-15-13-11-8-2)78-102-106(94,95)100-74-82(89)75-101-107(96,97)103-79-84(77-99-86(91)71-65-59-55-54-57-63-69-81(6)9-3)105-88(93)73-67-61-53-49-45-41-37-33-34-38-42-46-50-56-62-68-80(4)5/h80-84,89H,7-79H2,1-6H3,(H,94,95)(H,96,97)/t81?,82-,83-,84-/m1/s1. The SMILES string of the molecule is CCCCCCCCCCCCCCCCCCCCCCC(=O)O[C@H](COC(=O)CCCCCCCCCCCCCCCCCCCCC)COP(=O)(O)OC[C@@H](O)COP(=O)(O)OC[C@@H](COC(=O)CCCCCCCCC(C)CC)OC(=O)CCCCCCCCCCCCCCCCCC(C)C. The van der Waals surface area contributed by atoms with Crippen molar-refractivity contribution in [1.29, 1.82) is 0 Å². The van der Waals surface area contributed by atoms with Crippen LogP contribution < -0.4 is 0 Å². The molecule has 107 heavy (non-hydrogen) atoms. The zero-order valence-electron chi connectivity index (χ0n) is 70.5. The summed E-state index contributed by atoms with van der Waals surface area (Å²) in [5.41, 5.74) is 0. The molecule has 636 valence electrons. The summed E-state index contributed by atoms with van der Waals surface area (Å²) in [6.45, 7) is 9.67. The van der Waals surface area contributed by atoms with Crippen molar-refractivity contribution in [2.45, 2.75) is 490 Å². The van der Waals surface area contributed by atoms with Crippen LogP contribution in [-0.4, -0.2) is 96.7 Å². The molecule has 0 aromatic rings. The van der Waals surface area contributed by atoms with E-state index in [0.29, 0.717) is 25.7 Å². The molecule has 0 fully saturated rings. The van der Waals surface area contributed by atoms with Gasteiger partial charge >= 0.3 is 39.5 Å². The van der Waals surface area contributed by atoms with Gasteiger partial charge in [0.15, 0.2) is 12.2 Å². The average molecular weight is 1560 g/mol. The van der Waals surface area contributed by atoms with Gasteiger partial charge in [-0.3, -0.25) is 37.3 Å². The predicted octanol–water partition coefficient (Wildman–Crippen LogP) is 27.0. The second-order valence-corrected chi connectivity index (χ2v) is 35.3. The zero-order chi connectivity index (χ0) is 78.5. The number of ether oxygens (including phenoxy) is 4. The first kappa shape index (κ1) is 105. The van der Waals surface area contributed by atoms with E-state index in [4.69, 9.17) is 37.0 Å². The highest BCUT2D eigenvalue weighted by atomic mass is 31.2. The number of phosphoric acid groups is 2. The third kappa shape index (κ3) is 80.5. The van der Waals surface area contributed by atoms with Gasteiger partial charge in [-0.2, -0.15) is 0 Å². The predicted molar refractivity (Wildman–Crippen MR) is 442 cm³/mol. The number of phosphoric ester groups is 2. The molecule has 17 nitrogen and oxygen atoms in total. The lowest BCUT2D eigenvalue weighted by atomic mass is 10.00. The zero-order valence-corrected chi connectivity index (χ0v) is 72.2. The number of hydrogen-bond acceptors (Lipinski definition) is 15. The van der Waals surface area contributed by atoms with Crippen LogP contribution in [-0.2, 0) is 65.4 Å². The summed E-state index contributed by atoms with van der Waals surface area (Å²) < 4.78 is 69.0. The van der Waals surface area contributed by atoms with E-state index in [1.54, 1.807) is 0 Å². The van der Waals surface area contributed by atoms with Crippen molar-refractivity contribution in [2.24, 2.45) is 11.8 Å². The summed E-state index contributed by atoms with van der Waals surface area (Å²) in [4.78, 5) is 73.3. The van der Waals surface area contributed by atoms with Gasteiger partial charge < -0.3 is 33.8 Å². The van der Waals surface area contributed by atoms with Gasteiger partial charge in [-0.1, -0.05) is 420 Å². The van der Waals surface area contributed by atoms with Gasteiger partial charge in [-0.15, -0.1) is 0 Å². The topological polar surface area (TPSA) is 237 Å². The Kier molecular flexibility index (Phi) is 77.9. The van der Waals surface area contributed by atoms with Gasteiger partial charge in [0, 0.05) is 25.7 Å². The number of unbranched alkanes of at least 4 members (excludes halogenated alkanes) is 56. The Morgan fingerprint density at radius 3 is 0.710 bits per heavy atom. The van der Waals surface area contributed by atoms with E-state index in [-0.39, 0.29) is 25.7 Å². The highest BCUT2D eigenvalue weighted by molar-refractivity contribution is 7.47. The van der Waals surface area contributed by atoms with Crippen LogP contribution >= 0.6 is 15.6 Å². The van der Waals surface area contributed by atoms with Gasteiger partial charge in [0.25, 0.3) is 0 Å². The molecule has 6 atom stereocenters. The van der Waals surface area contributed by atoms with Crippen LogP contribution in [0.1, 0.15) is 472 Å². The van der Waals surface area contributed by atoms with E-state index >= 15 is 0 Å². The lowest BCUT2D eigenvalue weighted by Gasteiger charge is -2.21. The second-order valence-electron chi connectivity index (χ2n) is 32.4. The monoisotopic (exact) mass is 1560 g/mol. The molecule has 0 bridgehead atoms. The molecule has 0 amide bonds. The highest BCUT2D eigenvalue weighted by Gasteiger charge is 2.31. The summed E-state index contributed by atoms with van der Waals surface area (Å²) in [5.74, 6) is -0.568. The number of hydrogen-bond donors (Lipinski definition) is 3. The van der Waals surface area contributed by atoms with Crippen molar-refractivity contribution < 1.29 is 80.2 Å². The van der Waals surface area contributed by atoms with Crippen LogP contribution in [0, 0.1) is 11.8 Å². The Morgan fingerprint density at radius 1 is 0.271 bits per heavy atom. The van der Waals surface area contributed by atoms with E-state index in [0.717, 1.165) is 108 Å². The fraction of sp³-hybridized carbons (Fsp3) is 0.955. The van der Waals surface area contributed by atoms with Gasteiger partial charge in [0.05, 0.1) is 26.4 Å². The van der Waals surface area contributed by atoms with Crippen LogP contribution in [0.25, 0.3) is 0 Å². The van der Waals surface area contributed by atoms with Crippen molar-refractivity contribution >= 4 is 39.5 Å². The molecule has 3 N–H and O–H groups in total. The Bertz CT molecular complexity index is 2050. The molecule has 0 aliphatic heterocycles. The summed E-state index contributed by atoms with van der Waals surface area (Å²) >= 11 is 0. The third-order valence-corrected chi connectivity index (χ3v) is 23.0. The minimum Gasteiger partial charge on any atom is -0.462 e. The largest absolute Gasteiger partial charge is 0.472 e. The Labute approximate surface area is 658 Å². The summed E-state index contributed by atoms with van der Waals surface area (Å²) in [6.07, 6.45) is 72.3. The van der Waals surface area contributed by atoms with Gasteiger partial charge in [0.1, 0.15) is 19.3 Å². The summed E-state index contributed by atoms with van der Waals surface area (Å²) in [6, 6.07) is 0. The minimum absolute atomic E-state index is 0.107. The summed E-state index contributed by atoms with van der Waals surface area (Å²) in [5, 5.41) is 10.7. The smallest absolute Gasteiger partial charge is 0.462 e. The van der Waals surface area contributed by atoms with Crippen LogP contribution in [0.4, 0.5) is 0 Å². The van der Waals surface area contributed by atoms with E-state index in [9.17, 15) is 43.2 Å². The van der Waals surface area contributed by atoms with Crippen molar-refractivity contribution in [3.05, 3.63) is 0 Å². The molecule has 19 heteroatoms. The summed E-state index contributed by atoms with van der Waals surface area (Å²) in [7, 11) is -9.93. The Morgan fingerprint density at radius 2 is 0.477 bits per heavy atom. The molecule has 0 aromatic heterocycles. The van der Waals surface area contributed by atoms with E-state index in [1.807, 2.05) is 0 Å². The number of carbonyl (C=O) groups excluding carboxylic acids is 4. The molecular formula is C88H172O17P2. The van der Waals surface area contributed by atoms with Gasteiger partial charge in [-0.25, -0.2) is 9.13 Å². The molecular weight excluding hydrogens is 1390 g/mol. The molecule has 0 radical (unpaired) electrons. The first-order valence-electron chi connectivity index (χ1n) is 45.5. The lowest BCUT2D eigenvalue weighted by molar-refractivity contribution is -0.161. The fourth-order valence-corrected chi connectivity index (χ4v) is 15.3. The van der Waals surface area contributed by atoms with Crippen molar-refractivity contribution in [1.82, 2.24) is 0 Å². The molecule has 0 aromatic carbocycles. The maximum Gasteiger partial charge on any atom is 0.472 e. The van der Waals surface area contributed by atoms with Crippen LogP contribution in [0.2, 0.25) is 0 Å². The lowest BCUT2D eigenvalue weighted by Crippen LogP contribution is -2.30. The molecule has 0 aliphatic carbocycles. The maximum atomic E-state index is 13.2. The number of carbonyl (C=O) groups is 4. The molecule has 0 aliphatic rings. The van der Waals surface area contributed by atoms with Crippen LogP contribution in [0.3, 0.4) is 0 Å². The number of rotatable bonds is 87. The molecule has 0 spiro atoms.